The van der Waals surface area contributed by atoms with Crippen LogP contribution in [0, 0.1) is 17.8 Å². The second-order valence-corrected chi connectivity index (χ2v) is 8.93. The first-order valence-electron chi connectivity index (χ1n) is 10.2. The molecule has 146 valence electrons. The number of nitrogens with zero attached hydrogens (tertiary/aromatic N) is 2. The van der Waals surface area contributed by atoms with Crippen molar-refractivity contribution in [2.45, 2.75) is 57.0 Å². The van der Waals surface area contributed by atoms with Gasteiger partial charge >= 0.3 is 6.03 Å². The Hall–Kier alpha value is -2.11. The van der Waals surface area contributed by atoms with Gasteiger partial charge in [-0.15, -0.1) is 0 Å². The van der Waals surface area contributed by atoms with Crippen molar-refractivity contribution in [3.8, 4) is 0 Å². The number of hydrogen-bond acceptors (Lipinski definition) is 3. The summed E-state index contributed by atoms with van der Waals surface area (Å²) in [5.41, 5.74) is 1.06. The molecule has 6 heteroatoms. The first-order valence-corrected chi connectivity index (χ1v) is 10.2. The molecule has 0 unspecified atom stereocenters. The third-order valence-corrected chi connectivity index (χ3v) is 6.64. The number of carbonyl (C=O) groups excluding carboxylic acids is 2. The van der Waals surface area contributed by atoms with Crippen molar-refractivity contribution in [1.82, 2.24) is 20.5 Å². The molecule has 4 saturated carbocycles. The van der Waals surface area contributed by atoms with E-state index >= 15 is 0 Å². The molecule has 6 nitrogen and oxygen atoms in total. The Balaban J connectivity index is 1.20. The van der Waals surface area contributed by atoms with Crippen LogP contribution in [0.15, 0.2) is 24.5 Å². The number of hydrogen-bond donors (Lipinski definition) is 2. The number of pyridine rings is 1. The average Bonchev–Trinajstić information content (AvgIpc) is 2.60. The van der Waals surface area contributed by atoms with E-state index in [0.29, 0.717) is 19.5 Å². The molecule has 0 saturated heterocycles. The van der Waals surface area contributed by atoms with Gasteiger partial charge in [0.05, 0.1) is 0 Å². The molecule has 4 fully saturated rings. The lowest BCUT2D eigenvalue weighted by molar-refractivity contribution is -0.130. The van der Waals surface area contributed by atoms with Gasteiger partial charge in [-0.3, -0.25) is 9.78 Å². The summed E-state index contributed by atoms with van der Waals surface area (Å²) >= 11 is 0. The maximum Gasteiger partial charge on any atom is 0.315 e. The third kappa shape index (κ3) is 4.25. The van der Waals surface area contributed by atoms with Gasteiger partial charge < -0.3 is 15.5 Å². The Kier molecular flexibility index (Phi) is 5.06. The number of rotatable bonds is 6. The van der Waals surface area contributed by atoms with Gasteiger partial charge in [-0.2, -0.15) is 0 Å². The summed E-state index contributed by atoms with van der Waals surface area (Å²) < 4.78 is 0. The Morgan fingerprint density at radius 2 is 1.70 bits per heavy atom. The van der Waals surface area contributed by atoms with Crippen LogP contribution in [0.4, 0.5) is 4.79 Å². The van der Waals surface area contributed by atoms with E-state index < -0.39 is 0 Å². The molecule has 27 heavy (non-hydrogen) atoms. The van der Waals surface area contributed by atoms with E-state index in [1.54, 1.807) is 24.3 Å². The summed E-state index contributed by atoms with van der Waals surface area (Å²) in [6.07, 6.45) is 11.3. The molecule has 4 aliphatic carbocycles. The summed E-state index contributed by atoms with van der Waals surface area (Å²) in [5.74, 6) is 2.45. The van der Waals surface area contributed by atoms with E-state index in [0.717, 1.165) is 42.6 Å². The van der Waals surface area contributed by atoms with Gasteiger partial charge in [0.15, 0.2) is 0 Å². The first kappa shape index (κ1) is 18.3. The standard InChI is InChI=1S/C21H30N4O2/c1-25(14-15-2-5-22-6-3-15)19(26)4-7-23-20(27)24-21-11-16-8-17(12-21)10-18(9-16)13-21/h2-3,5-6,16-18H,4,7-14H2,1H3,(H2,23,24,27). The topological polar surface area (TPSA) is 74.3 Å². The van der Waals surface area contributed by atoms with E-state index in [2.05, 4.69) is 15.6 Å². The van der Waals surface area contributed by atoms with Crippen molar-refractivity contribution >= 4 is 11.9 Å². The van der Waals surface area contributed by atoms with Crippen molar-refractivity contribution in [2.24, 2.45) is 17.8 Å². The average molecular weight is 370 g/mol. The minimum Gasteiger partial charge on any atom is -0.341 e. The molecule has 1 aromatic heterocycles. The van der Waals surface area contributed by atoms with Crippen LogP contribution in [0.5, 0.6) is 0 Å². The first-order chi connectivity index (χ1) is 13.0. The van der Waals surface area contributed by atoms with Gasteiger partial charge in [-0.05, 0) is 74.0 Å². The van der Waals surface area contributed by atoms with Crippen molar-refractivity contribution in [2.75, 3.05) is 13.6 Å². The Labute approximate surface area is 161 Å². The Morgan fingerprint density at radius 3 is 2.30 bits per heavy atom. The lowest BCUT2D eigenvalue weighted by atomic mass is 9.53. The highest BCUT2D eigenvalue weighted by molar-refractivity contribution is 5.78. The predicted octanol–water partition coefficient (Wildman–Crippen LogP) is 2.70. The lowest BCUT2D eigenvalue weighted by Gasteiger charge is -2.56. The molecule has 2 N–H and O–H groups in total. The lowest BCUT2D eigenvalue weighted by Crippen LogP contribution is -2.61. The highest BCUT2D eigenvalue weighted by Crippen LogP contribution is 2.55. The number of urea groups is 1. The summed E-state index contributed by atoms with van der Waals surface area (Å²) in [6, 6.07) is 3.70. The van der Waals surface area contributed by atoms with Gasteiger partial charge in [0, 0.05) is 44.5 Å². The minimum absolute atomic E-state index is 0.0149. The largest absolute Gasteiger partial charge is 0.341 e. The van der Waals surface area contributed by atoms with Gasteiger partial charge in [0.2, 0.25) is 5.91 Å². The van der Waals surface area contributed by atoms with E-state index in [4.69, 9.17) is 0 Å². The van der Waals surface area contributed by atoms with Crippen LogP contribution < -0.4 is 10.6 Å². The molecule has 3 amide bonds. The Morgan fingerprint density at radius 1 is 1.11 bits per heavy atom. The maximum absolute atomic E-state index is 12.4. The molecule has 1 heterocycles. The van der Waals surface area contributed by atoms with Gasteiger partial charge in [-0.1, -0.05) is 0 Å². The normalized spacial score (nSPS) is 30.8. The molecule has 0 aliphatic heterocycles. The fourth-order valence-electron chi connectivity index (χ4n) is 5.87. The maximum atomic E-state index is 12.4. The van der Waals surface area contributed by atoms with Crippen LogP contribution in [-0.2, 0) is 11.3 Å². The zero-order valence-electron chi connectivity index (χ0n) is 16.1. The van der Waals surface area contributed by atoms with Crippen molar-refractivity contribution in [3.05, 3.63) is 30.1 Å². The van der Waals surface area contributed by atoms with Crippen LogP contribution in [0.3, 0.4) is 0 Å². The number of nitrogens with one attached hydrogen (secondary N) is 2. The van der Waals surface area contributed by atoms with Crippen LogP contribution in [0.25, 0.3) is 0 Å². The zero-order chi connectivity index (χ0) is 18.9. The molecule has 0 atom stereocenters. The smallest absolute Gasteiger partial charge is 0.315 e. The second kappa shape index (κ2) is 7.49. The molecule has 5 rings (SSSR count). The third-order valence-electron chi connectivity index (χ3n) is 6.64. The molecule has 4 bridgehead atoms. The fraction of sp³-hybridized carbons (Fsp3) is 0.667. The van der Waals surface area contributed by atoms with Crippen molar-refractivity contribution in [3.63, 3.8) is 0 Å². The highest BCUT2D eigenvalue weighted by atomic mass is 16.2. The number of amides is 3. The molecular formula is C21H30N4O2. The number of carbonyl (C=O) groups is 2. The van der Waals surface area contributed by atoms with Gasteiger partial charge in [0.25, 0.3) is 0 Å². The molecule has 1 aromatic rings. The molecule has 4 aliphatic rings. The fourth-order valence-corrected chi connectivity index (χ4v) is 5.87. The van der Waals surface area contributed by atoms with Crippen molar-refractivity contribution < 1.29 is 9.59 Å². The predicted molar refractivity (Wildman–Crippen MR) is 103 cm³/mol. The van der Waals surface area contributed by atoms with Gasteiger partial charge in [-0.25, -0.2) is 4.79 Å². The summed E-state index contributed by atoms with van der Waals surface area (Å²) in [7, 11) is 1.79. The summed E-state index contributed by atoms with van der Waals surface area (Å²) in [6.45, 7) is 0.929. The second-order valence-electron chi connectivity index (χ2n) is 8.93. The van der Waals surface area contributed by atoms with Crippen LogP contribution in [0.1, 0.15) is 50.5 Å². The van der Waals surface area contributed by atoms with Crippen molar-refractivity contribution in [1.29, 1.82) is 0 Å². The number of aromatic nitrogens is 1. The van der Waals surface area contributed by atoms with E-state index in [1.165, 1.54) is 19.3 Å². The van der Waals surface area contributed by atoms with E-state index in [9.17, 15) is 9.59 Å². The van der Waals surface area contributed by atoms with Gasteiger partial charge in [0.1, 0.15) is 0 Å². The zero-order valence-corrected chi connectivity index (χ0v) is 16.1. The Bertz CT molecular complexity index is 655. The SMILES string of the molecule is CN(Cc1ccncc1)C(=O)CCNC(=O)NC12CC3CC(CC(C3)C1)C2. The van der Waals surface area contributed by atoms with E-state index in [-0.39, 0.29) is 17.5 Å². The summed E-state index contributed by atoms with van der Waals surface area (Å²) in [4.78, 5) is 30.4. The molecule has 0 spiro atoms. The monoisotopic (exact) mass is 370 g/mol. The highest BCUT2D eigenvalue weighted by Gasteiger charge is 2.51. The summed E-state index contributed by atoms with van der Waals surface area (Å²) in [5, 5.41) is 6.19. The molecular weight excluding hydrogens is 340 g/mol. The minimum atomic E-state index is -0.110. The van der Waals surface area contributed by atoms with Crippen LogP contribution >= 0.6 is 0 Å². The van der Waals surface area contributed by atoms with Crippen LogP contribution in [0.2, 0.25) is 0 Å². The quantitative estimate of drug-likeness (QED) is 0.808. The molecule has 0 aromatic carbocycles. The van der Waals surface area contributed by atoms with E-state index in [1.807, 2.05) is 12.1 Å². The van der Waals surface area contributed by atoms with Crippen LogP contribution in [-0.4, -0.2) is 41.0 Å². The molecule has 0 radical (unpaired) electrons.